The van der Waals surface area contributed by atoms with Crippen LogP contribution in [0.2, 0.25) is 0 Å². The van der Waals surface area contributed by atoms with Gasteiger partial charge in [-0.15, -0.1) is 11.8 Å². The molecule has 1 aliphatic rings. The van der Waals surface area contributed by atoms with Crippen LogP contribution in [0.5, 0.6) is 0 Å². The van der Waals surface area contributed by atoms with E-state index in [1.54, 1.807) is 11.8 Å². The van der Waals surface area contributed by atoms with Gasteiger partial charge in [-0.05, 0) is 38.9 Å². The summed E-state index contributed by atoms with van der Waals surface area (Å²) in [6.07, 6.45) is -2.14. The third kappa shape index (κ3) is 10.3. The molecule has 0 saturated carbocycles. The Morgan fingerprint density at radius 1 is 0.373 bits per heavy atom. The standard InChI is InChI=1S/C53H50O5S/c1-8-22-41(23-9-1)36-54-40-48-49(55-37-42-24-10-2-11-25-42)50(56-38-43-26-12-3-13-27-43)51(57-39-44-28-14-4-15-29-44)52(58-48)59-53(45-30-16-5-17-31-45,46-32-18-6-19-33-46)47-34-20-7-21-35-47/h1-35,48-52H,36-40H2/t48-,49-,50+,51+,52-/m1/s1. The van der Waals surface area contributed by atoms with Crippen LogP contribution in [0.3, 0.4) is 0 Å². The Morgan fingerprint density at radius 2 is 0.695 bits per heavy atom. The zero-order valence-electron chi connectivity index (χ0n) is 33.1. The Hall–Kier alpha value is -5.31. The Labute approximate surface area is 352 Å². The molecule has 5 atom stereocenters. The third-order valence-corrected chi connectivity index (χ3v) is 12.3. The van der Waals surface area contributed by atoms with E-state index in [9.17, 15) is 0 Å². The van der Waals surface area contributed by atoms with Crippen LogP contribution < -0.4 is 0 Å². The third-order valence-electron chi connectivity index (χ3n) is 10.7. The normalized spacial score (nSPS) is 19.3. The summed E-state index contributed by atoms with van der Waals surface area (Å²) in [6, 6.07) is 73.3. The molecule has 0 unspecified atom stereocenters. The lowest BCUT2D eigenvalue weighted by Gasteiger charge is -2.48. The number of hydrogen-bond acceptors (Lipinski definition) is 6. The summed E-state index contributed by atoms with van der Waals surface area (Å²) in [6.45, 7) is 1.84. The van der Waals surface area contributed by atoms with Crippen molar-refractivity contribution in [3.05, 3.63) is 251 Å². The van der Waals surface area contributed by atoms with E-state index >= 15 is 0 Å². The maximum Gasteiger partial charge on any atom is 0.134 e. The molecule has 0 amide bonds. The maximum absolute atomic E-state index is 7.44. The predicted molar refractivity (Wildman–Crippen MR) is 237 cm³/mol. The summed E-state index contributed by atoms with van der Waals surface area (Å²) in [7, 11) is 0. The van der Waals surface area contributed by atoms with Crippen molar-refractivity contribution in [2.45, 2.75) is 61.0 Å². The van der Waals surface area contributed by atoms with E-state index in [0.29, 0.717) is 26.4 Å². The van der Waals surface area contributed by atoms with Gasteiger partial charge in [0.15, 0.2) is 0 Å². The minimum Gasteiger partial charge on any atom is -0.374 e. The quantitative estimate of drug-likeness (QED) is 0.0806. The van der Waals surface area contributed by atoms with Gasteiger partial charge < -0.3 is 23.7 Å². The Bertz CT molecular complexity index is 2130. The highest BCUT2D eigenvalue weighted by Crippen LogP contribution is 2.53. The molecule has 298 valence electrons. The molecule has 0 bridgehead atoms. The van der Waals surface area contributed by atoms with E-state index in [1.165, 1.54) is 0 Å². The first kappa shape index (κ1) is 40.5. The minimum atomic E-state index is -0.694. The maximum atomic E-state index is 7.44. The van der Waals surface area contributed by atoms with Gasteiger partial charge in [0, 0.05) is 0 Å². The first-order chi connectivity index (χ1) is 29.3. The molecule has 59 heavy (non-hydrogen) atoms. The molecular weight excluding hydrogens is 749 g/mol. The van der Waals surface area contributed by atoms with Crippen LogP contribution in [0.1, 0.15) is 38.9 Å². The van der Waals surface area contributed by atoms with E-state index in [0.717, 1.165) is 38.9 Å². The van der Waals surface area contributed by atoms with E-state index in [4.69, 9.17) is 23.7 Å². The molecule has 0 aliphatic carbocycles. The molecule has 8 rings (SSSR count). The van der Waals surface area contributed by atoms with Gasteiger partial charge >= 0.3 is 0 Å². The second-order valence-corrected chi connectivity index (χ2v) is 16.0. The summed E-state index contributed by atoms with van der Waals surface area (Å²) in [4.78, 5) is 0. The lowest BCUT2D eigenvalue weighted by atomic mass is 9.84. The number of ether oxygens (including phenoxy) is 5. The summed E-state index contributed by atoms with van der Waals surface area (Å²) in [5, 5.41) is 0. The van der Waals surface area contributed by atoms with Crippen LogP contribution in [0.4, 0.5) is 0 Å². The van der Waals surface area contributed by atoms with Gasteiger partial charge in [0.25, 0.3) is 0 Å². The molecule has 6 heteroatoms. The van der Waals surface area contributed by atoms with Crippen LogP contribution in [0, 0.1) is 0 Å². The first-order valence-corrected chi connectivity index (χ1v) is 21.2. The SMILES string of the molecule is c1ccc(COC[C@H]2O[C@H](SC(c3ccccc3)(c3ccccc3)c3ccccc3)[C@@H](OCc3ccccc3)[C@@H](OCc3ccccc3)[C@@H]2OCc2ccccc2)cc1. The molecule has 1 fully saturated rings. The Morgan fingerprint density at radius 3 is 1.08 bits per heavy atom. The highest BCUT2D eigenvalue weighted by atomic mass is 32.2. The molecule has 7 aromatic carbocycles. The van der Waals surface area contributed by atoms with Crippen LogP contribution in [-0.2, 0) is 54.9 Å². The first-order valence-electron chi connectivity index (χ1n) is 20.3. The van der Waals surface area contributed by atoms with Crippen molar-refractivity contribution in [3.8, 4) is 0 Å². The molecule has 0 spiro atoms. The Kier molecular flexibility index (Phi) is 14.1. The fourth-order valence-electron chi connectivity index (χ4n) is 7.74. The van der Waals surface area contributed by atoms with Crippen LogP contribution >= 0.6 is 11.8 Å². The second kappa shape index (κ2) is 20.6. The van der Waals surface area contributed by atoms with Crippen molar-refractivity contribution in [1.29, 1.82) is 0 Å². The number of rotatable bonds is 18. The number of benzene rings is 7. The average Bonchev–Trinajstić information content (AvgIpc) is 3.31. The monoisotopic (exact) mass is 798 g/mol. The fourth-order valence-corrected chi connectivity index (χ4v) is 9.47. The lowest BCUT2D eigenvalue weighted by Crippen LogP contribution is -2.61. The van der Waals surface area contributed by atoms with Crippen LogP contribution in [-0.4, -0.2) is 36.5 Å². The molecule has 0 radical (unpaired) electrons. The van der Waals surface area contributed by atoms with Gasteiger partial charge in [0.2, 0.25) is 0 Å². The van der Waals surface area contributed by atoms with Gasteiger partial charge in [-0.3, -0.25) is 0 Å². The van der Waals surface area contributed by atoms with E-state index in [-0.39, 0.29) is 6.61 Å². The smallest absolute Gasteiger partial charge is 0.134 e. The molecule has 0 N–H and O–H groups in total. The topological polar surface area (TPSA) is 46.2 Å². The molecule has 1 aliphatic heterocycles. The van der Waals surface area contributed by atoms with Gasteiger partial charge in [-0.25, -0.2) is 0 Å². The van der Waals surface area contributed by atoms with E-state index in [1.807, 2.05) is 72.8 Å². The molecule has 1 heterocycles. The van der Waals surface area contributed by atoms with Gasteiger partial charge in [0.1, 0.15) is 29.9 Å². The summed E-state index contributed by atoms with van der Waals surface area (Å²) in [5.74, 6) is 0. The highest BCUT2D eigenvalue weighted by molar-refractivity contribution is 8.01. The lowest BCUT2D eigenvalue weighted by molar-refractivity contribution is -0.254. The second-order valence-electron chi connectivity index (χ2n) is 14.7. The molecule has 7 aromatic rings. The minimum absolute atomic E-state index is 0.289. The summed E-state index contributed by atoms with van der Waals surface area (Å²) < 4.78 is 34.5. The summed E-state index contributed by atoms with van der Waals surface area (Å²) >= 11 is 1.75. The molecule has 1 saturated heterocycles. The molecular formula is C53H50O5S. The van der Waals surface area contributed by atoms with Crippen molar-refractivity contribution in [1.82, 2.24) is 0 Å². The zero-order valence-corrected chi connectivity index (χ0v) is 33.9. The van der Waals surface area contributed by atoms with Crippen molar-refractivity contribution < 1.29 is 23.7 Å². The van der Waals surface area contributed by atoms with Gasteiger partial charge in [0.05, 0.1) is 37.8 Å². The van der Waals surface area contributed by atoms with Gasteiger partial charge in [-0.1, -0.05) is 212 Å². The number of thioether (sulfide) groups is 1. The van der Waals surface area contributed by atoms with E-state index in [2.05, 4.69) is 140 Å². The number of hydrogen-bond donors (Lipinski definition) is 0. The average molecular weight is 799 g/mol. The summed E-state index contributed by atoms with van der Waals surface area (Å²) in [5.41, 5.74) is 7.14. The van der Waals surface area contributed by atoms with Gasteiger partial charge in [-0.2, -0.15) is 0 Å². The molecule has 5 nitrogen and oxygen atoms in total. The van der Waals surface area contributed by atoms with E-state index < -0.39 is 34.6 Å². The van der Waals surface area contributed by atoms with Crippen LogP contribution in [0.15, 0.2) is 212 Å². The largest absolute Gasteiger partial charge is 0.374 e. The Balaban J connectivity index is 1.24. The zero-order chi connectivity index (χ0) is 40.0. The van der Waals surface area contributed by atoms with Crippen LogP contribution in [0.25, 0.3) is 0 Å². The van der Waals surface area contributed by atoms with Crippen molar-refractivity contribution >= 4 is 11.8 Å². The van der Waals surface area contributed by atoms with Crippen molar-refractivity contribution in [2.24, 2.45) is 0 Å². The highest BCUT2D eigenvalue weighted by Gasteiger charge is 2.52. The molecule has 0 aromatic heterocycles. The predicted octanol–water partition coefficient (Wildman–Crippen LogP) is 11.4. The van der Waals surface area contributed by atoms with Crippen molar-refractivity contribution in [2.75, 3.05) is 6.61 Å². The van der Waals surface area contributed by atoms with Crippen molar-refractivity contribution in [3.63, 3.8) is 0 Å². The fraction of sp³-hybridized carbons (Fsp3) is 0.208.